The Labute approximate surface area is 176 Å². The largest absolute Gasteiger partial charge is 0.497 e. The SMILES string of the molecule is COc1ccc(C(=O)Nc2cccc(C(=O)NN=Cc3ccc(Br)cc3)c2)cc1. The van der Waals surface area contributed by atoms with Crippen LogP contribution < -0.4 is 15.5 Å². The van der Waals surface area contributed by atoms with Gasteiger partial charge in [0.1, 0.15) is 5.75 Å². The van der Waals surface area contributed by atoms with Crippen molar-refractivity contribution < 1.29 is 14.3 Å². The lowest BCUT2D eigenvalue weighted by Crippen LogP contribution is -2.18. The highest BCUT2D eigenvalue weighted by atomic mass is 79.9. The molecule has 29 heavy (non-hydrogen) atoms. The number of halogens is 1. The quantitative estimate of drug-likeness (QED) is 0.428. The highest BCUT2D eigenvalue weighted by Gasteiger charge is 2.09. The Hall–Kier alpha value is -3.45. The van der Waals surface area contributed by atoms with Crippen LogP contribution in [0.1, 0.15) is 26.3 Å². The standard InChI is InChI=1S/C22H18BrN3O3/c1-29-20-11-7-16(8-12-20)21(27)25-19-4-2-3-17(13-19)22(28)26-24-14-15-5-9-18(23)10-6-15/h2-14H,1H3,(H,25,27)(H,26,28). The summed E-state index contributed by atoms with van der Waals surface area (Å²) in [6.07, 6.45) is 1.56. The zero-order valence-electron chi connectivity index (χ0n) is 15.6. The fraction of sp³-hybridized carbons (Fsp3) is 0.0455. The van der Waals surface area contributed by atoms with Crippen LogP contribution in [0.3, 0.4) is 0 Å². The molecule has 0 radical (unpaired) electrons. The summed E-state index contributed by atoms with van der Waals surface area (Å²) in [7, 11) is 1.56. The van der Waals surface area contributed by atoms with Crippen LogP contribution in [-0.2, 0) is 0 Å². The summed E-state index contributed by atoms with van der Waals surface area (Å²) in [6, 6.07) is 20.9. The van der Waals surface area contributed by atoms with Gasteiger partial charge in [-0.2, -0.15) is 5.10 Å². The summed E-state index contributed by atoms with van der Waals surface area (Å²) in [5.74, 6) is 0.0151. The molecular formula is C22H18BrN3O3. The number of nitrogens with zero attached hydrogens (tertiary/aromatic N) is 1. The molecule has 0 spiro atoms. The first-order valence-electron chi connectivity index (χ1n) is 8.69. The molecule has 0 unspecified atom stereocenters. The molecule has 2 N–H and O–H groups in total. The Kier molecular flexibility index (Phi) is 6.76. The molecule has 0 aliphatic rings. The number of ether oxygens (including phenoxy) is 1. The van der Waals surface area contributed by atoms with Crippen molar-refractivity contribution in [2.45, 2.75) is 0 Å². The molecule has 146 valence electrons. The monoisotopic (exact) mass is 451 g/mol. The first-order chi connectivity index (χ1) is 14.0. The molecule has 0 aliphatic carbocycles. The number of carbonyl (C=O) groups is 2. The van der Waals surface area contributed by atoms with Crippen LogP contribution in [-0.4, -0.2) is 25.1 Å². The molecule has 3 aromatic carbocycles. The van der Waals surface area contributed by atoms with Gasteiger partial charge in [-0.1, -0.05) is 34.1 Å². The van der Waals surface area contributed by atoms with E-state index in [1.54, 1.807) is 61.9 Å². The summed E-state index contributed by atoms with van der Waals surface area (Å²) in [4.78, 5) is 24.7. The molecule has 0 saturated carbocycles. The highest BCUT2D eigenvalue weighted by Crippen LogP contribution is 2.15. The third kappa shape index (κ3) is 5.76. The lowest BCUT2D eigenvalue weighted by Gasteiger charge is -2.07. The van der Waals surface area contributed by atoms with Crippen molar-refractivity contribution in [1.82, 2.24) is 5.43 Å². The normalized spacial score (nSPS) is 10.6. The van der Waals surface area contributed by atoms with Gasteiger partial charge < -0.3 is 10.1 Å². The highest BCUT2D eigenvalue weighted by molar-refractivity contribution is 9.10. The van der Waals surface area contributed by atoms with Crippen LogP contribution in [0.2, 0.25) is 0 Å². The van der Waals surface area contributed by atoms with Crippen molar-refractivity contribution in [2.24, 2.45) is 5.10 Å². The smallest absolute Gasteiger partial charge is 0.271 e. The lowest BCUT2D eigenvalue weighted by molar-refractivity contribution is 0.0953. The van der Waals surface area contributed by atoms with Gasteiger partial charge in [0.25, 0.3) is 11.8 Å². The van der Waals surface area contributed by atoms with Gasteiger partial charge in [-0.3, -0.25) is 9.59 Å². The number of nitrogens with one attached hydrogen (secondary N) is 2. The molecule has 0 saturated heterocycles. The van der Waals surface area contributed by atoms with E-state index in [-0.39, 0.29) is 11.8 Å². The average molecular weight is 452 g/mol. The second kappa shape index (κ2) is 9.66. The predicted molar refractivity (Wildman–Crippen MR) is 117 cm³/mol. The van der Waals surface area contributed by atoms with Crippen molar-refractivity contribution in [1.29, 1.82) is 0 Å². The molecule has 6 nitrogen and oxygen atoms in total. The van der Waals surface area contributed by atoms with Crippen LogP contribution in [0.25, 0.3) is 0 Å². The minimum atomic E-state index is -0.376. The van der Waals surface area contributed by atoms with Crippen LogP contribution in [0.5, 0.6) is 5.75 Å². The van der Waals surface area contributed by atoms with Crippen LogP contribution in [0, 0.1) is 0 Å². The summed E-state index contributed by atoms with van der Waals surface area (Å²) < 4.78 is 6.05. The van der Waals surface area contributed by atoms with Gasteiger partial charge in [-0.05, 0) is 60.2 Å². The van der Waals surface area contributed by atoms with E-state index in [9.17, 15) is 9.59 Å². The van der Waals surface area contributed by atoms with Gasteiger partial charge >= 0.3 is 0 Å². The average Bonchev–Trinajstić information content (AvgIpc) is 2.75. The second-order valence-corrected chi connectivity index (χ2v) is 6.93. The molecule has 0 fully saturated rings. The van der Waals surface area contributed by atoms with E-state index in [4.69, 9.17) is 4.74 Å². The topological polar surface area (TPSA) is 79.8 Å². The van der Waals surface area contributed by atoms with E-state index in [1.807, 2.05) is 24.3 Å². The van der Waals surface area contributed by atoms with E-state index >= 15 is 0 Å². The number of hydrogen-bond donors (Lipinski definition) is 2. The van der Waals surface area contributed by atoms with E-state index in [0.717, 1.165) is 10.0 Å². The molecule has 2 amide bonds. The zero-order chi connectivity index (χ0) is 20.6. The van der Waals surface area contributed by atoms with Crippen molar-refractivity contribution in [3.63, 3.8) is 0 Å². The fourth-order valence-electron chi connectivity index (χ4n) is 2.46. The van der Waals surface area contributed by atoms with Crippen molar-refractivity contribution in [2.75, 3.05) is 12.4 Å². The van der Waals surface area contributed by atoms with E-state index in [0.29, 0.717) is 22.6 Å². The van der Waals surface area contributed by atoms with Gasteiger partial charge in [0.2, 0.25) is 0 Å². The summed E-state index contributed by atoms with van der Waals surface area (Å²) in [6.45, 7) is 0. The zero-order valence-corrected chi connectivity index (χ0v) is 17.1. The fourth-order valence-corrected chi connectivity index (χ4v) is 2.73. The Morgan fingerprint density at radius 2 is 1.66 bits per heavy atom. The van der Waals surface area contributed by atoms with Crippen LogP contribution >= 0.6 is 15.9 Å². The molecule has 3 aromatic rings. The molecule has 0 aromatic heterocycles. The van der Waals surface area contributed by atoms with Gasteiger partial charge in [-0.15, -0.1) is 0 Å². The Bertz CT molecular complexity index is 1030. The maximum Gasteiger partial charge on any atom is 0.271 e. The minimum absolute atomic E-state index is 0.279. The number of hydrazone groups is 1. The molecule has 7 heteroatoms. The summed E-state index contributed by atoms with van der Waals surface area (Å²) in [5.41, 5.74) is 4.71. The third-order valence-electron chi connectivity index (χ3n) is 3.98. The number of rotatable bonds is 6. The Morgan fingerprint density at radius 1 is 0.931 bits per heavy atom. The van der Waals surface area contributed by atoms with Gasteiger partial charge in [0.15, 0.2) is 0 Å². The number of benzene rings is 3. The van der Waals surface area contributed by atoms with Crippen LogP contribution in [0.4, 0.5) is 5.69 Å². The van der Waals surface area contributed by atoms with E-state index in [1.165, 1.54) is 0 Å². The molecule has 0 heterocycles. The van der Waals surface area contributed by atoms with Gasteiger partial charge in [-0.25, -0.2) is 5.43 Å². The Morgan fingerprint density at radius 3 is 2.34 bits per heavy atom. The number of hydrogen-bond acceptors (Lipinski definition) is 4. The molecule has 0 atom stereocenters. The Balaban J connectivity index is 1.62. The van der Waals surface area contributed by atoms with Gasteiger partial charge in [0, 0.05) is 21.3 Å². The number of carbonyl (C=O) groups excluding carboxylic acids is 2. The number of anilines is 1. The number of amides is 2. The maximum atomic E-state index is 12.4. The summed E-state index contributed by atoms with van der Waals surface area (Å²) in [5, 5.41) is 6.74. The second-order valence-electron chi connectivity index (χ2n) is 6.01. The lowest BCUT2D eigenvalue weighted by atomic mass is 10.1. The molecule has 3 rings (SSSR count). The van der Waals surface area contributed by atoms with E-state index in [2.05, 4.69) is 31.8 Å². The van der Waals surface area contributed by atoms with Crippen molar-refractivity contribution >= 4 is 39.6 Å². The predicted octanol–water partition coefficient (Wildman–Crippen LogP) is 4.47. The van der Waals surface area contributed by atoms with Crippen molar-refractivity contribution in [3.8, 4) is 5.75 Å². The molecular weight excluding hydrogens is 434 g/mol. The first kappa shape index (κ1) is 20.3. The first-order valence-corrected chi connectivity index (χ1v) is 9.49. The number of methoxy groups -OCH3 is 1. The maximum absolute atomic E-state index is 12.4. The van der Waals surface area contributed by atoms with E-state index < -0.39 is 0 Å². The van der Waals surface area contributed by atoms with Gasteiger partial charge in [0.05, 0.1) is 13.3 Å². The molecule has 0 aliphatic heterocycles. The van der Waals surface area contributed by atoms with Crippen LogP contribution in [0.15, 0.2) is 82.4 Å². The summed E-state index contributed by atoms with van der Waals surface area (Å²) >= 11 is 3.36. The van der Waals surface area contributed by atoms with Crippen molar-refractivity contribution in [3.05, 3.63) is 94.0 Å². The third-order valence-corrected chi connectivity index (χ3v) is 4.51. The molecule has 0 bridgehead atoms. The minimum Gasteiger partial charge on any atom is -0.497 e.